The Bertz CT molecular complexity index is 799. The molecule has 6 heteroatoms. The number of nitrogens with zero attached hydrogens (tertiary/aromatic N) is 2. The van der Waals surface area contributed by atoms with Crippen LogP contribution in [0.4, 0.5) is 11.5 Å². The predicted octanol–water partition coefficient (Wildman–Crippen LogP) is 3.99. The molecule has 3 aromatic rings. The van der Waals surface area contributed by atoms with E-state index in [2.05, 4.69) is 15.3 Å². The van der Waals surface area contributed by atoms with Crippen LogP contribution in [0.5, 0.6) is 5.75 Å². The van der Waals surface area contributed by atoms with Crippen LogP contribution in [0.3, 0.4) is 0 Å². The summed E-state index contributed by atoms with van der Waals surface area (Å²) in [4.78, 5) is 9.58. The van der Waals surface area contributed by atoms with Gasteiger partial charge >= 0.3 is 0 Å². The summed E-state index contributed by atoms with van der Waals surface area (Å²) in [5, 5.41) is 6.40. The Kier molecular flexibility index (Phi) is 4.08. The second-order valence-electron chi connectivity index (χ2n) is 5.46. The normalized spacial score (nSPS) is 17.5. The highest BCUT2D eigenvalue weighted by atomic mass is 32.1. The molecule has 1 aromatic carbocycles. The highest BCUT2D eigenvalue weighted by Crippen LogP contribution is 2.28. The molecule has 118 valence electrons. The molecule has 0 aliphatic carbocycles. The number of ether oxygens (including phenoxy) is 2. The van der Waals surface area contributed by atoms with Crippen LogP contribution in [0, 0.1) is 0 Å². The number of aromatic nitrogens is 2. The van der Waals surface area contributed by atoms with Crippen molar-refractivity contribution in [3.8, 4) is 5.75 Å². The SMILES string of the molecule is c1cc(Nc2ncnc3sccc23)cc(OCC2CCCO2)c1. The molecule has 23 heavy (non-hydrogen) atoms. The van der Waals surface area contributed by atoms with Crippen molar-refractivity contribution < 1.29 is 9.47 Å². The number of nitrogens with one attached hydrogen (secondary N) is 1. The molecule has 0 spiro atoms. The highest BCUT2D eigenvalue weighted by molar-refractivity contribution is 7.16. The van der Waals surface area contributed by atoms with Gasteiger partial charge in [0.2, 0.25) is 0 Å². The Morgan fingerprint density at radius 3 is 3.22 bits per heavy atom. The van der Waals surface area contributed by atoms with E-state index in [-0.39, 0.29) is 6.10 Å². The molecule has 0 saturated carbocycles. The Hall–Kier alpha value is -2.18. The second kappa shape index (κ2) is 6.52. The molecule has 1 N–H and O–H groups in total. The molecule has 1 aliphatic heterocycles. The van der Waals surface area contributed by atoms with E-state index < -0.39 is 0 Å². The average Bonchev–Trinajstić information content (AvgIpc) is 3.25. The monoisotopic (exact) mass is 327 g/mol. The van der Waals surface area contributed by atoms with Crippen molar-refractivity contribution >= 4 is 33.1 Å². The Balaban J connectivity index is 1.48. The third-order valence-corrected chi connectivity index (χ3v) is 4.64. The molecule has 1 aliphatic rings. The lowest BCUT2D eigenvalue weighted by Crippen LogP contribution is -2.16. The minimum Gasteiger partial charge on any atom is -0.491 e. The van der Waals surface area contributed by atoms with Gasteiger partial charge in [-0.1, -0.05) is 6.07 Å². The van der Waals surface area contributed by atoms with E-state index in [1.54, 1.807) is 17.7 Å². The quantitative estimate of drug-likeness (QED) is 0.768. The van der Waals surface area contributed by atoms with Crippen molar-refractivity contribution in [1.82, 2.24) is 9.97 Å². The molecule has 1 fully saturated rings. The molecule has 2 aromatic heterocycles. The van der Waals surface area contributed by atoms with Gasteiger partial charge in [-0.2, -0.15) is 0 Å². The molecule has 0 bridgehead atoms. The molecular formula is C17H17N3O2S. The first-order chi connectivity index (χ1) is 11.4. The molecule has 1 atom stereocenters. The smallest absolute Gasteiger partial charge is 0.142 e. The number of rotatable bonds is 5. The molecule has 3 heterocycles. The summed E-state index contributed by atoms with van der Waals surface area (Å²) in [5.74, 6) is 1.65. The van der Waals surface area contributed by atoms with Crippen LogP contribution in [0.25, 0.3) is 10.2 Å². The van der Waals surface area contributed by atoms with Crippen LogP contribution in [0.15, 0.2) is 42.0 Å². The zero-order valence-corrected chi connectivity index (χ0v) is 13.4. The van der Waals surface area contributed by atoms with Crippen molar-refractivity contribution in [2.75, 3.05) is 18.5 Å². The fourth-order valence-electron chi connectivity index (χ4n) is 2.65. The van der Waals surface area contributed by atoms with Crippen molar-refractivity contribution in [2.24, 2.45) is 0 Å². The van der Waals surface area contributed by atoms with E-state index >= 15 is 0 Å². The number of fused-ring (bicyclic) bond motifs is 1. The lowest BCUT2D eigenvalue weighted by Gasteiger charge is -2.13. The number of hydrogen-bond donors (Lipinski definition) is 1. The van der Waals surface area contributed by atoms with Gasteiger partial charge in [-0.15, -0.1) is 11.3 Å². The fourth-order valence-corrected chi connectivity index (χ4v) is 3.39. The molecule has 1 unspecified atom stereocenters. The van der Waals surface area contributed by atoms with Crippen molar-refractivity contribution in [2.45, 2.75) is 18.9 Å². The van der Waals surface area contributed by atoms with E-state index in [1.807, 2.05) is 35.7 Å². The Morgan fingerprint density at radius 2 is 2.30 bits per heavy atom. The molecular weight excluding hydrogens is 310 g/mol. The van der Waals surface area contributed by atoms with Gasteiger partial charge in [0.25, 0.3) is 0 Å². The van der Waals surface area contributed by atoms with E-state index in [9.17, 15) is 0 Å². The van der Waals surface area contributed by atoms with Gasteiger partial charge in [0.1, 0.15) is 29.3 Å². The first-order valence-corrected chi connectivity index (χ1v) is 8.56. The summed E-state index contributed by atoms with van der Waals surface area (Å²) < 4.78 is 11.4. The Morgan fingerprint density at radius 1 is 1.30 bits per heavy atom. The summed E-state index contributed by atoms with van der Waals surface area (Å²) in [6.45, 7) is 1.45. The van der Waals surface area contributed by atoms with E-state index in [0.717, 1.165) is 46.9 Å². The molecule has 1 saturated heterocycles. The van der Waals surface area contributed by atoms with Crippen LogP contribution >= 0.6 is 11.3 Å². The van der Waals surface area contributed by atoms with Crippen LogP contribution in [0.2, 0.25) is 0 Å². The topological polar surface area (TPSA) is 56.3 Å². The minimum atomic E-state index is 0.221. The molecule has 0 amide bonds. The second-order valence-corrected chi connectivity index (χ2v) is 6.36. The summed E-state index contributed by atoms with van der Waals surface area (Å²) in [7, 11) is 0. The summed E-state index contributed by atoms with van der Waals surface area (Å²) >= 11 is 1.61. The lowest BCUT2D eigenvalue weighted by molar-refractivity contribution is 0.0680. The van der Waals surface area contributed by atoms with Crippen LogP contribution in [-0.4, -0.2) is 29.3 Å². The van der Waals surface area contributed by atoms with Gasteiger partial charge in [0.15, 0.2) is 0 Å². The molecule has 0 radical (unpaired) electrons. The third kappa shape index (κ3) is 3.28. The predicted molar refractivity (Wildman–Crippen MR) is 91.6 cm³/mol. The summed E-state index contributed by atoms with van der Waals surface area (Å²) in [6.07, 6.45) is 4.01. The van der Waals surface area contributed by atoms with E-state index in [4.69, 9.17) is 9.47 Å². The lowest BCUT2D eigenvalue weighted by atomic mass is 10.2. The van der Waals surface area contributed by atoms with Crippen LogP contribution in [0.1, 0.15) is 12.8 Å². The van der Waals surface area contributed by atoms with Gasteiger partial charge < -0.3 is 14.8 Å². The Labute approximate surface area is 138 Å². The van der Waals surface area contributed by atoms with Gasteiger partial charge in [-0.05, 0) is 36.4 Å². The zero-order chi connectivity index (χ0) is 15.5. The highest BCUT2D eigenvalue weighted by Gasteiger charge is 2.16. The average molecular weight is 327 g/mol. The van der Waals surface area contributed by atoms with Gasteiger partial charge in [0.05, 0.1) is 11.5 Å². The first-order valence-electron chi connectivity index (χ1n) is 7.68. The maximum atomic E-state index is 5.85. The fraction of sp³-hybridized carbons (Fsp3) is 0.294. The number of thiophene rings is 1. The van der Waals surface area contributed by atoms with Crippen LogP contribution < -0.4 is 10.1 Å². The third-order valence-electron chi connectivity index (χ3n) is 3.82. The summed E-state index contributed by atoms with van der Waals surface area (Å²) in [6, 6.07) is 9.94. The number of hydrogen-bond acceptors (Lipinski definition) is 6. The van der Waals surface area contributed by atoms with Gasteiger partial charge in [-0.3, -0.25) is 0 Å². The van der Waals surface area contributed by atoms with E-state index in [1.165, 1.54) is 0 Å². The van der Waals surface area contributed by atoms with Gasteiger partial charge in [-0.25, -0.2) is 9.97 Å². The number of anilines is 2. The van der Waals surface area contributed by atoms with Crippen molar-refractivity contribution in [3.63, 3.8) is 0 Å². The van der Waals surface area contributed by atoms with Crippen molar-refractivity contribution in [3.05, 3.63) is 42.0 Å². The zero-order valence-electron chi connectivity index (χ0n) is 12.6. The van der Waals surface area contributed by atoms with E-state index in [0.29, 0.717) is 6.61 Å². The molecule has 4 rings (SSSR count). The largest absolute Gasteiger partial charge is 0.491 e. The minimum absolute atomic E-state index is 0.221. The summed E-state index contributed by atoms with van der Waals surface area (Å²) in [5.41, 5.74) is 0.945. The standard InChI is InChI=1S/C17H17N3O2S/c1-3-12(9-13(4-1)22-10-14-5-2-7-21-14)20-16-15-6-8-23-17(15)19-11-18-16/h1,3-4,6,8-9,11,14H,2,5,7,10H2,(H,18,19,20). The van der Waals surface area contributed by atoms with Crippen LogP contribution in [-0.2, 0) is 4.74 Å². The maximum Gasteiger partial charge on any atom is 0.142 e. The molecule has 5 nitrogen and oxygen atoms in total. The number of benzene rings is 1. The van der Waals surface area contributed by atoms with Gasteiger partial charge in [0, 0.05) is 18.4 Å². The first kappa shape index (κ1) is 14.4. The maximum absolute atomic E-state index is 5.85. The van der Waals surface area contributed by atoms with Crippen molar-refractivity contribution in [1.29, 1.82) is 0 Å².